The number of aromatic nitrogens is 3. The summed E-state index contributed by atoms with van der Waals surface area (Å²) in [6, 6.07) is 12.6. The van der Waals surface area contributed by atoms with Gasteiger partial charge in [-0.05, 0) is 58.4 Å². The number of nitrogens with one attached hydrogen (secondary N) is 1. The summed E-state index contributed by atoms with van der Waals surface area (Å²) in [5, 5.41) is 9.33. The van der Waals surface area contributed by atoms with Crippen molar-refractivity contribution in [3.05, 3.63) is 80.0 Å². The Labute approximate surface area is 170 Å². The standard InChI is InChI=1S/C19H9BrClFN4O2/c20-13-3-4-15(28-12-7-10(9-23)6-11(21)8-12)16(22)17(13)26-14-2-1-5-24-18(14)25-19(26)27/h1-8H,(H,24,25,27). The van der Waals surface area contributed by atoms with E-state index in [0.29, 0.717) is 15.6 Å². The Bertz CT molecular complexity index is 1330. The van der Waals surface area contributed by atoms with Crippen molar-refractivity contribution in [1.82, 2.24) is 14.5 Å². The van der Waals surface area contributed by atoms with Gasteiger partial charge in [0.15, 0.2) is 17.2 Å². The molecule has 0 aliphatic carbocycles. The number of hydrogen-bond donors (Lipinski definition) is 1. The van der Waals surface area contributed by atoms with Crippen LogP contribution in [-0.2, 0) is 0 Å². The van der Waals surface area contributed by atoms with E-state index < -0.39 is 11.5 Å². The number of ether oxygens (including phenoxy) is 1. The van der Waals surface area contributed by atoms with Crippen LogP contribution in [0.15, 0.2) is 57.9 Å². The fourth-order valence-electron chi connectivity index (χ4n) is 2.78. The van der Waals surface area contributed by atoms with Crippen molar-refractivity contribution >= 4 is 38.7 Å². The molecule has 0 spiro atoms. The molecule has 0 amide bonds. The van der Waals surface area contributed by atoms with Crippen molar-refractivity contribution in [2.75, 3.05) is 0 Å². The first-order chi connectivity index (χ1) is 13.5. The molecule has 2 heterocycles. The third-order valence-electron chi connectivity index (χ3n) is 3.94. The Hall–Kier alpha value is -3.15. The summed E-state index contributed by atoms with van der Waals surface area (Å²) in [7, 11) is 0. The van der Waals surface area contributed by atoms with Gasteiger partial charge in [-0.15, -0.1) is 0 Å². The molecule has 28 heavy (non-hydrogen) atoms. The van der Waals surface area contributed by atoms with Crippen LogP contribution in [0.2, 0.25) is 5.02 Å². The van der Waals surface area contributed by atoms with Gasteiger partial charge in [-0.3, -0.25) is 9.55 Å². The van der Waals surface area contributed by atoms with Crippen LogP contribution in [0.4, 0.5) is 4.39 Å². The second-order valence-electron chi connectivity index (χ2n) is 5.73. The highest BCUT2D eigenvalue weighted by molar-refractivity contribution is 9.10. The summed E-state index contributed by atoms with van der Waals surface area (Å²) < 4.78 is 22.5. The summed E-state index contributed by atoms with van der Waals surface area (Å²) in [4.78, 5) is 19.1. The van der Waals surface area contributed by atoms with E-state index in [2.05, 4.69) is 25.9 Å². The molecule has 0 atom stereocenters. The molecule has 0 aliphatic rings. The zero-order valence-electron chi connectivity index (χ0n) is 13.9. The van der Waals surface area contributed by atoms with Crippen molar-refractivity contribution in [3.63, 3.8) is 0 Å². The number of pyridine rings is 1. The van der Waals surface area contributed by atoms with Gasteiger partial charge in [0.25, 0.3) is 0 Å². The van der Waals surface area contributed by atoms with Gasteiger partial charge < -0.3 is 4.74 Å². The highest BCUT2D eigenvalue weighted by Gasteiger charge is 2.20. The smallest absolute Gasteiger partial charge is 0.332 e. The molecule has 4 rings (SSSR count). The monoisotopic (exact) mass is 458 g/mol. The van der Waals surface area contributed by atoms with Crippen LogP contribution in [0.25, 0.3) is 16.9 Å². The Morgan fingerprint density at radius 3 is 2.89 bits per heavy atom. The first-order valence-corrected chi connectivity index (χ1v) is 9.07. The Kier molecular flexibility index (Phi) is 4.63. The van der Waals surface area contributed by atoms with Crippen molar-refractivity contribution in [2.45, 2.75) is 0 Å². The number of H-pyrrole nitrogens is 1. The molecule has 2 aromatic heterocycles. The predicted octanol–water partition coefficient (Wildman–Crippen LogP) is 4.93. The highest BCUT2D eigenvalue weighted by atomic mass is 79.9. The molecule has 0 bridgehead atoms. The molecular weight excluding hydrogens is 451 g/mol. The molecular formula is C19H9BrClFN4O2. The number of imidazole rings is 1. The Morgan fingerprint density at radius 2 is 2.11 bits per heavy atom. The van der Waals surface area contributed by atoms with Crippen LogP contribution in [0.1, 0.15) is 5.56 Å². The predicted molar refractivity (Wildman–Crippen MR) is 106 cm³/mol. The number of hydrogen-bond acceptors (Lipinski definition) is 4. The molecule has 9 heteroatoms. The third kappa shape index (κ3) is 3.15. The number of halogens is 3. The first-order valence-electron chi connectivity index (χ1n) is 7.90. The zero-order valence-corrected chi connectivity index (χ0v) is 16.3. The summed E-state index contributed by atoms with van der Waals surface area (Å²) in [5.74, 6) is -0.696. The SMILES string of the molecule is N#Cc1cc(Cl)cc(Oc2ccc(Br)c(-n3c(=O)[nH]c4ncccc43)c2F)c1. The van der Waals surface area contributed by atoms with Gasteiger partial charge in [-0.2, -0.15) is 5.26 Å². The van der Waals surface area contributed by atoms with Crippen LogP contribution in [0.5, 0.6) is 11.5 Å². The van der Waals surface area contributed by atoms with Crippen LogP contribution in [0, 0.1) is 17.1 Å². The molecule has 4 aromatic rings. The molecule has 0 saturated heterocycles. The lowest BCUT2D eigenvalue weighted by molar-refractivity contribution is 0.440. The maximum absolute atomic E-state index is 15.3. The van der Waals surface area contributed by atoms with Gasteiger partial charge in [0.05, 0.1) is 17.1 Å². The number of rotatable bonds is 3. The quantitative estimate of drug-likeness (QED) is 0.471. The van der Waals surface area contributed by atoms with E-state index in [0.717, 1.165) is 0 Å². The van der Waals surface area contributed by atoms with Crippen LogP contribution in [-0.4, -0.2) is 14.5 Å². The molecule has 138 valence electrons. The molecule has 0 unspecified atom stereocenters. The minimum Gasteiger partial charge on any atom is -0.454 e. The minimum absolute atomic E-state index is 0.0238. The van der Waals surface area contributed by atoms with Gasteiger partial charge in [0.2, 0.25) is 0 Å². The lowest BCUT2D eigenvalue weighted by Crippen LogP contribution is -2.16. The van der Waals surface area contributed by atoms with Crippen molar-refractivity contribution in [3.8, 4) is 23.3 Å². The van der Waals surface area contributed by atoms with Crippen molar-refractivity contribution < 1.29 is 9.13 Å². The summed E-state index contributed by atoms with van der Waals surface area (Å²) >= 11 is 9.26. The number of nitriles is 1. The van der Waals surface area contributed by atoms with Gasteiger partial charge in [-0.25, -0.2) is 14.2 Å². The topological polar surface area (TPSA) is 83.7 Å². The normalized spacial score (nSPS) is 10.8. The average Bonchev–Trinajstić information content (AvgIpc) is 3.00. The fourth-order valence-corrected chi connectivity index (χ4v) is 3.49. The van der Waals surface area contributed by atoms with E-state index in [4.69, 9.17) is 21.6 Å². The number of fused-ring (bicyclic) bond motifs is 1. The largest absolute Gasteiger partial charge is 0.454 e. The minimum atomic E-state index is -0.764. The second-order valence-corrected chi connectivity index (χ2v) is 7.03. The molecule has 0 aliphatic heterocycles. The molecule has 1 N–H and O–H groups in total. The van der Waals surface area contributed by atoms with Crippen LogP contribution >= 0.6 is 27.5 Å². The Balaban J connectivity index is 1.88. The van der Waals surface area contributed by atoms with Gasteiger partial charge in [0, 0.05) is 15.7 Å². The van der Waals surface area contributed by atoms with Crippen molar-refractivity contribution in [2.24, 2.45) is 0 Å². The zero-order chi connectivity index (χ0) is 19.8. The van der Waals surface area contributed by atoms with E-state index in [-0.39, 0.29) is 27.8 Å². The van der Waals surface area contributed by atoms with E-state index >= 15 is 4.39 Å². The molecule has 0 saturated carbocycles. The lowest BCUT2D eigenvalue weighted by atomic mass is 10.2. The van der Waals surface area contributed by atoms with E-state index in [1.54, 1.807) is 18.2 Å². The van der Waals surface area contributed by atoms with Crippen LogP contribution in [0.3, 0.4) is 0 Å². The van der Waals surface area contributed by atoms with Gasteiger partial charge in [0.1, 0.15) is 11.4 Å². The van der Waals surface area contributed by atoms with E-state index in [1.807, 2.05) is 6.07 Å². The summed E-state index contributed by atoms with van der Waals surface area (Å²) in [6.45, 7) is 0. The highest BCUT2D eigenvalue weighted by Crippen LogP contribution is 2.34. The Morgan fingerprint density at radius 1 is 1.29 bits per heavy atom. The van der Waals surface area contributed by atoms with Crippen LogP contribution < -0.4 is 10.4 Å². The first kappa shape index (κ1) is 18.2. The number of benzene rings is 2. The second kappa shape index (κ2) is 7.11. The molecule has 0 fully saturated rings. The fraction of sp³-hybridized carbons (Fsp3) is 0. The lowest BCUT2D eigenvalue weighted by Gasteiger charge is -2.13. The summed E-state index contributed by atoms with van der Waals surface area (Å²) in [5.41, 5.74) is 0.459. The van der Waals surface area contributed by atoms with Crippen molar-refractivity contribution in [1.29, 1.82) is 5.26 Å². The maximum Gasteiger partial charge on any atom is 0.332 e. The maximum atomic E-state index is 15.3. The average molecular weight is 460 g/mol. The van der Waals surface area contributed by atoms with E-state index in [9.17, 15) is 4.79 Å². The van der Waals surface area contributed by atoms with E-state index in [1.165, 1.54) is 35.0 Å². The third-order valence-corrected chi connectivity index (χ3v) is 4.80. The number of aromatic amines is 1. The molecule has 2 aromatic carbocycles. The molecule has 6 nitrogen and oxygen atoms in total. The summed E-state index contributed by atoms with van der Waals surface area (Å²) in [6.07, 6.45) is 1.53. The number of nitrogens with zero attached hydrogens (tertiary/aromatic N) is 3. The van der Waals surface area contributed by atoms with Gasteiger partial charge in [-0.1, -0.05) is 11.6 Å². The molecule has 0 radical (unpaired) electrons. The van der Waals surface area contributed by atoms with Gasteiger partial charge >= 0.3 is 5.69 Å².